The third kappa shape index (κ3) is 3.41. The molecule has 0 bridgehead atoms. The van der Waals surface area contributed by atoms with E-state index in [9.17, 15) is 12.8 Å². The molecule has 0 saturated heterocycles. The Balaban J connectivity index is 3.06. The van der Waals surface area contributed by atoms with Gasteiger partial charge in [0.1, 0.15) is 10.7 Å². The molecular formula is C11H17FN2O2S. The molecule has 0 spiro atoms. The summed E-state index contributed by atoms with van der Waals surface area (Å²) in [6.07, 6.45) is 0. The van der Waals surface area contributed by atoms with E-state index in [-0.39, 0.29) is 22.5 Å². The van der Waals surface area contributed by atoms with Gasteiger partial charge in [0.25, 0.3) is 0 Å². The SMILES string of the molecule is CC(C)C(C)NS(=O)(=O)c1ccc(N)cc1F. The largest absolute Gasteiger partial charge is 0.399 e. The van der Waals surface area contributed by atoms with Crippen molar-refractivity contribution >= 4 is 15.7 Å². The van der Waals surface area contributed by atoms with Crippen molar-refractivity contribution in [2.24, 2.45) is 5.92 Å². The van der Waals surface area contributed by atoms with Crippen molar-refractivity contribution in [2.45, 2.75) is 31.7 Å². The van der Waals surface area contributed by atoms with Gasteiger partial charge in [-0.25, -0.2) is 17.5 Å². The lowest BCUT2D eigenvalue weighted by molar-refractivity contribution is 0.473. The Kier molecular flexibility index (Phi) is 4.11. The first-order chi connectivity index (χ1) is 7.74. The fourth-order valence-corrected chi connectivity index (χ4v) is 2.63. The van der Waals surface area contributed by atoms with Crippen LogP contribution in [0.4, 0.5) is 10.1 Å². The van der Waals surface area contributed by atoms with Gasteiger partial charge in [0, 0.05) is 11.7 Å². The van der Waals surface area contributed by atoms with E-state index in [2.05, 4.69) is 4.72 Å². The van der Waals surface area contributed by atoms with Gasteiger partial charge in [-0.1, -0.05) is 13.8 Å². The molecule has 1 unspecified atom stereocenters. The number of halogens is 1. The van der Waals surface area contributed by atoms with Crippen molar-refractivity contribution in [2.75, 3.05) is 5.73 Å². The van der Waals surface area contributed by atoms with Gasteiger partial charge in [-0.15, -0.1) is 0 Å². The summed E-state index contributed by atoms with van der Waals surface area (Å²) >= 11 is 0. The second-order valence-electron chi connectivity index (χ2n) is 4.34. The van der Waals surface area contributed by atoms with Crippen molar-refractivity contribution in [1.29, 1.82) is 0 Å². The lowest BCUT2D eigenvalue weighted by atomic mass is 10.1. The topological polar surface area (TPSA) is 72.2 Å². The number of nitrogen functional groups attached to an aromatic ring is 1. The second kappa shape index (κ2) is 5.01. The molecule has 1 aromatic rings. The maximum absolute atomic E-state index is 13.5. The first-order valence-corrected chi connectivity index (χ1v) is 6.79. The van der Waals surface area contributed by atoms with E-state index in [0.29, 0.717) is 0 Å². The normalized spacial score (nSPS) is 13.9. The molecule has 0 amide bonds. The maximum Gasteiger partial charge on any atom is 0.243 e. The van der Waals surface area contributed by atoms with Crippen LogP contribution in [-0.2, 0) is 10.0 Å². The molecule has 17 heavy (non-hydrogen) atoms. The molecule has 0 radical (unpaired) electrons. The van der Waals surface area contributed by atoms with Crippen molar-refractivity contribution in [1.82, 2.24) is 4.72 Å². The molecule has 0 aliphatic heterocycles. The summed E-state index contributed by atoms with van der Waals surface area (Å²) in [4.78, 5) is -0.376. The lowest BCUT2D eigenvalue weighted by Gasteiger charge is -2.17. The predicted octanol–water partition coefficient (Wildman–Crippen LogP) is 1.73. The van der Waals surface area contributed by atoms with Gasteiger partial charge in [0.2, 0.25) is 10.0 Å². The smallest absolute Gasteiger partial charge is 0.243 e. The van der Waals surface area contributed by atoms with Crippen molar-refractivity contribution in [3.8, 4) is 0 Å². The minimum atomic E-state index is -3.83. The van der Waals surface area contributed by atoms with E-state index in [1.165, 1.54) is 12.1 Å². The van der Waals surface area contributed by atoms with Crippen LogP contribution in [0.5, 0.6) is 0 Å². The minimum absolute atomic E-state index is 0.126. The summed E-state index contributed by atoms with van der Waals surface area (Å²) in [6, 6.07) is 3.25. The number of hydrogen-bond acceptors (Lipinski definition) is 3. The van der Waals surface area contributed by atoms with Gasteiger partial charge in [-0.3, -0.25) is 0 Å². The second-order valence-corrected chi connectivity index (χ2v) is 6.03. The molecule has 0 fully saturated rings. The van der Waals surface area contributed by atoms with Crippen LogP contribution in [0.2, 0.25) is 0 Å². The standard InChI is InChI=1S/C11H17FN2O2S/c1-7(2)8(3)14-17(15,16)11-5-4-9(13)6-10(11)12/h4-8,14H,13H2,1-3H3. The van der Waals surface area contributed by atoms with Crippen LogP contribution in [-0.4, -0.2) is 14.5 Å². The molecule has 4 nitrogen and oxygen atoms in total. The summed E-state index contributed by atoms with van der Waals surface area (Å²) < 4.78 is 39.7. The van der Waals surface area contributed by atoms with Crippen LogP contribution in [0.25, 0.3) is 0 Å². The first kappa shape index (κ1) is 13.9. The maximum atomic E-state index is 13.5. The molecule has 1 aromatic carbocycles. The van der Waals surface area contributed by atoms with Gasteiger partial charge < -0.3 is 5.73 Å². The van der Waals surface area contributed by atoms with Crippen molar-refractivity contribution in [3.63, 3.8) is 0 Å². The van der Waals surface area contributed by atoms with Crippen LogP contribution in [0, 0.1) is 11.7 Å². The number of sulfonamides is 1. The molecule has 0 saturated carbocycles. The van der Waals surface area contributed by atoms with Gasteiger partial charge in [0.05, 0.1) is 0 Å². The summed E-state index contributed by atoms with van der Waals surface area (Å²) in [5.74, 6) is -0.713. The highest BCUT2D eigenvalue weighted by molar-refractivity contribution is 7.89. The van der Waals surface area contributed by atoms with Gasteiger partial charge in [0.15, 0.2) is 0 Å². The minimum Gasteiger partial charge on any atom is -0.399 e. The zero-order valence-electron chi connectivity index (χ0n) is 10.1. The zero-order valence-corrected chi connectivity index (χ0v) is 10.9. The molecule has 96 valence electrons. The summed E-state index contributed by atoms with van der Waals surface area (Å²) in [5, 5.41) is 0. The molecule has 1 atom stereocenters. The Morgan fingerprint density at radius 3 is 2.35 bits per heavy atom. The van der Waals surface area contributed by atoms with E-state index in [0.717, 1.165) is 6.07 Å². The van der Waals surface area contributed by atoms with Crippen LogP contribution in [0.3, 0.4) is 0 Å². The molecule has 0 aromatic heterocycles. The van der Waals surface area contributed by atoms with Crippen molar-refractivity contribution in [3.05, 3.63) is 24.0 Å². The first-order valence-electron chi connectivity index (χ1n) is 5.31. The molecule has 6 heteroatoms. The van der Waals surface area contributed by atoms with Gasteiger partial charge >= 0.3 is 0 Å². The number of rotatable bonds is 4. The number of anilines is 1. The monoisotopic (exact) mass is 260 g/mol. The highest BCUT2D eigenvalue weighted by Crippen LogP contribution is 2.18. The fourth-order valence-electron chi connectivity index (χ4n) is 1.18. The third-order valence-electron chi connectivity index (χ3n) is 2.59. The summed E-state index contributed by atoms with van der Waals surface area (Å²) in [6.45, 7) is 5.50. The molecule has 0 heterocycles. The van der Waals surface area contributed by atoms with Crippen LogP contribution >= 0.6 is 0 Å². The highest BCUT2D eigenvalue weighted by atomic mass is 32.2. The van der Waals surface area contributed by atoms with Crippen LogP contribution in [0.1, 0.15) is 20.8 Å². The number of nitrogens with two attached hydrogens (primary N) is 1. The number of nitrogens with one attached hydrogen (secondary N) is 1. The Morgan fingerprint density at radius 1 is 1.29 bits per heavy atom. The molecule has 0 aliphatic carbocycles. The van der Waals surface area contributed by atoms with Gasteiger partial charge in [-0.05, 0) is 31.0 Å². The summed E-state index contributed by atoms with van der Waals surface area (Å²) in [7, 11) is -3.83. The average Bonchev–Trinajstić information content (AvgIpc) is 2.15. The quantitative estimate of drug-likeness (QED) is 0.810. The average molecular weight is 260 g/mol. The van der Waals surface area contributed by atoms with Gasteiger partial charge in [-0.2, -0.15) is 0 Å². The van der Waals surface area contributed by atoms with E-state index in [1.807, 2.05) is 13.8 Å². The van der Waals surface area contributed by atoms with E-state index >= 15 is 0 Å². The fraction of sp³-hybridized carbons (Fsp3) is 0.455. The van der Waals surface area contributed by atoms with Crippen LogP contribution < -0.4 is 10.5 Å². The van der Waals surface area contributed by atoms with Crippen molar-refractivity contribution < 1.29 is 12.8 Å². The lowest BCUT2D eigenvalue weighted by Crippen LogP contribution is -2.36. The molecule has 0 aliphatic rings. The Bertz CT molecular complexity index is 500. The van der Waals surface area contributed by atoms with E-state index < -0.39 is 15.8 Å². The van der Waals surface area contributed by atoms with Crippen LogP contribution in [0.15, 0.2) is 23.1 Å². The number of benzene rings is 1. The Labute approximate surface area is 101 Å². The molecule has 1 rings (SSSR count). The van der Waals surface area contributed by atoms with E-state index in [1.54, 1.807) is 6.92 Å². The highest BCUT2D eigenvalue weighted by Gasteiger charge is 2.22. The Hall–Kier alpha value is -1.14. The molecular weight excluding hydrogens is 243 g/mol. The number of hydrogen-bond donors (Lipinski definition) is 2. The predicted molar refractivity (Wildman–Crippen MR) is 65.4 cm³/mol. The Morgan fingerprint density at radius 2 is 1.88 bits per heavy atom. The van der Waals surface area contributed by atoms with E-state index in [4.69, 9.17) is 5.73 Å². The summed E-state index contributed by atoms with van der Waals surface area (Å²) in [5.41, 5.74) is 5.56. The zero-order chi connectivity index (χ0) is 13.2. The third-order valence-corrected chi connectivity index (χ3v) is 4.18. The molecule has 3 N–H and O–H groups in total.